The summed E-state index contributed by atoms with van der Waals surface area (Å²) >= 11 is 0. The van der Waals surface area contributed by atoms with Gasteiger partial charge in [0.2, 0.25) is 0 Å². The largest absolute Gasteiger partial charge is 0.338 e. The van der Waals surface area contributed by atoms with E-state index < -0.39 is 0 Å². The van der Waals surface area contributed by atoms with Gasteiger partial charge in [0.1, 0.15) is 0 Å². The summed E-state index contributed by atoms with van der Waals surface area (Å²) in [5.74, 6) is 1.27. The van der Waals surface area contributed by atoms with Crippen molar-refractivity contribution in [3.63, 3.8) is 0 Å². The van der Waals surface area contributed by atoms with Crippen molar-refractivity contribution in [3.05, 3.63) is 65.6 Å². The van der Waals surface area contributed by atoms with E-state index in [0.29, 0.717) is 17.9 Å². The van der Waals surface area contributed by atoms with Gasteiger partial charge in [-0.25, -0.2) is 4.79 Å². The van der Waals surface area contributed by atoms with E-state index in [9.17, 15) is 4.79 Å². The lowest BCUT2D eigenvalue weighted by Crippen LogP contribution is -2.37. The minimum absolute atomic E-state index is 0.147. The van der Waals surface area contributed by atoms with Gasteiger partial charge in [-0.1, -0.05) is 30.3 Å². The highest BCUT2D eigenvalue weighted by atomic mass is 16.2. The van der Waals surface area contributed by atoms with Gasteiger partial charge < -0.3 is 10.6 Å². The van der Waals surface area contributed by atoms with E-state index in [1.54, 1.807) is 0 Å². The molecule has 2 aliphatic carbocycles. The first-order chi connectivity index (χ1) is 12.8. The van der Waals surface area contributed by atoms with E-state index in [1.807, 2.05) is 28.8 Å². The molecule has 0 radical (unpaired) electrons. The second kappa shape index (κ2) is 5.83. The number of rotatable bonds is 4. The first-order valence-corrected chi connectivity index (χ1v) is 9.15. The maximum absolute atomic E-state index is 12.2. The Morgan fingerprint density at radius 2 is 2.04 bits per heavy atom. The fourth-order valence-corrected chi connectivity index (χ4v) is 4.45. The molecule has 0 bridgehead atoms. The number of carbonyl (C=O) groups excluding carboxylic acids is 1. The van der Waals surface area contributed by atoms with Crippen molar-refractivity contribution in [1.82, 2.24) is 25.2 Å². The molecule has 2 N–H and O–H groups in total. The Balaban J connectivity index is 1.16. The van der Waals surface area contributed by atoms with Gasteiger partial charge in [-0.05, 0) is 48.4 Å². The van der Waals surface area contributed by atoms with Crippen LogP contribution in [0.15, 0.2) is 48.7 Å². The fraction of sp³-hybridized carbons (Fsp3) is 0.350. The first kappa shape index (κ1) is 15.4. The van der Waals surface area contributed by atoms with Gasteiger partial charge in [0, 0.05) is 18.2 Å². The summed E-state index contributed by atoms with van der Waals surface area (Å²) in [6, 6.07) is 14.3. The normalized spacial score (nSPS) is 23.2. The summed E-state index contributed by atoms with van der Waals surface area (Å²) in [5.41, 5.74) is 4.08. The molecule has 1 spiro atoms. The fourth-order valence-electron chi connectivity index (χ4n) is 4.45. The van der Waals surface area contributed by atoms with Crippen molar-refractivity contribution in [2.75, 3.05) is 6.54 Å². The summed E-state index contributed by atoms with van der Waals surface area (Å²) in [4.78, 5) is 12.2. The number of hydrogen-bond acceptors (Lipinski definition) is 3. The van der Waals surface area contributed by atoms with Gasteiger partial charge in [0.15, 0.2) is 11.5 Å². The third-order valence-electron chi connectivity index (χ3n) is 5.93. The molecule has 6 heteroatoms. The molecule has 1 aromatic carbocycles. The van der Waals surface area contributed by atoms with E-state index in [4.69, 9.17) is 0 Å². The molecule has 0 aliphatic heterocycles. The summed E-state index contributed by atoms with van der Waals surface area (Å²) < 4.78 is 1.88. The van der Waals surface area contributed by atoms with E-state index in [0.717, 1.165) is 18.0 Å². The third-order valence-corrected chi connectivity index (χ3v) is 5.93. The SMILES string of the molecule is O=C(NCc1nnc2ccccn12)NC[C@@H]1C[C@]12CCc1ccccc12. The second-order valence-corrected chi connectivity index (χ2v) is 7.32. The number of fused-ring (bicyclic) bond motifs is 3. The predicted octanol–water partition coefficient (Wildman–Crippen LogP) is 2.43. The average Bonchev–Trinajstić information content (AvgIpc) is 3.03. The average molecular weight is 347 g/mol. The van der Waals surface area contributed by atoms with Gasteiger partial charge in [0.05, 0.1) is 6.54 Å². The number of aryl methyl sites for hydroxylation is 1. The molecule has 132 valence electrons. The van der Waals surface area contributed by atoms with Crippen LogP contribution in [0.5, 0.6) is 0 Å². The van der Waals surface area contributed by atoms with E-state index in [2.05, 4.69) is 45.1 Å². The Hall–Kier alpha value is -2.89. The zero-order chi connectivity index (χ0) is 17.6. The van der Waals surface area contributed by atoms with Gasteiger partial charge in [0.25, 0.3) is 0 Å². The summed E-state index contributed by atoms with van der Waals surface area (Å²) in [6.45, 7) is 1.08. The molecule has 1 fully saturated rings. The van der Waals surface area contributed by atoms with Crippen LogP contribution >= 0.6 is 0 Å². The molecule has 1 saturated carbocycles. The molecule has 3 aromatic rings. The number of carbonyl (C=O) groups is 1. The van der Waals surface area contributed by atoms with Crippen LogP contribution < -0.4 is 10.6 Å². The lowest BCUT2D eigenvalue weighted by Gasteiger charge is -2.12. The standard InChI is InChI=1S/C20H21N5O/c26-19(22-13-18-24-23-17-7-3-4-10-25(17)18)21-12-15-11-20(15)9-8-14-5-1-2-6-16(14)20/h1-7,10,15H,8-9,11-13H2,(H2,21,22,26)/t15-,20+/m0/s1. The molecule has 2 amide bonds. The molecule has 2 aliphatic rings. The number of hydrogen-bond donors (Lipinski definition) is 2. The molecular formula is C20H21N5O. The zero-order valence-corrected chi connectivity index (χ0v) is 14.5. The van der Waals surface area contributed by atoms with Gasteiger partial charge in [-0.3, -0.25) is 4.40 Å². The lowest BCUT2D eigenvalue weighted by molar-refractivity contribution is 0.239. The quantitative estimate of drug-likeness (QED) is 0.761. The van der Waals surface area contributed by atoms with E-state index in [1.165, 1.54) is 30.4 Å². The van der Waals surface area contributed by atoms with Crippen LogP contribution in [0.25, 0.3) is 5.65 Å². The van der Waals surface area contributed by atoms with Crippen LogP contribution in [0.1, 0.15) is 29.8 Å². The van der Waals surface area contributed by atoms with Crippen molar-refractivity contribution in [2.24, 2.45) is 5.92 Å². The van der Waals surface area contributed by atoms with Crippen LogP contribution in [0.3, 0.4) is 0 Å². The van der Waals surface area contributed by atoms with Crippen LogP contribution in [-0.4, -0.2) is 27.2 Å². The van der Waals surface area contributed by atoms with Crippen molar-refractivity contribution < 1.29 is 4.79 Å². The monoisotopic (exact) mass is 347 g/mol. The van der Waals surface area contributed by atoms with Gasteiger partial charge in [-0.15, -0.1) is 10.2 Å². The molecule has 2 aromatic heterocycles. The Morgan fingerprint density at radius 3 is 3.00 bits per heavy atom. The third kappa shape index (κ3) is 2.44. The van der Waals surface area contributed by atoms with Crippen molar-refractivity contribution >= 4 is 11.7 Å². The van der Waals surface area contributed by atoms with Crippen molar-refractivity contribution in [2.45, 2.75) is 31.2 Å². The predicted molar refractivity (Wildman–Crippen MR) is 97.8 cm³/mol. The highest BCUT2D eigenvalue weighted by Crippen LogP contribution is 2.61. The van der Waals surface area contributed by atoms with Crippen LogP contribution in [0.2, 0.25) is 0 Å². The summed E-state index contributed by atoms with van der Waals surface area (Å²) in [6.07, 6.45) is 5.46. The highest BCUT2D eigenvalue weighted by Gasteiger charge is 2.57. The minimum atomic E-state index is -0.147. The molecule has 0 unspecified atom stereocenters. The van der Waals surface area contributed by atoms with Crippen molar-refractivity contribution in [3.8, 4) is 0 Å². The number of amides is 2. The zero-order valence-electron chi connectivity index (χ0n) is 14.5. The number of pyridine rings is 1. The van der Waals surface area contributed by atoms with Gasteiger partial charge in [-0.2, -0.15) is 0 Å². The Labute approximate surface area is 151 Å². The number of nitrogens with one attached hydrogen (secondary N) is 2. The summed E-state index contributed by atoms with van der Waals surface area (Å²) in [7, 11) is 0. The molecular weight excluding hydrogens is 326 g/mol. The lowest BCUT2D eigenvalue weighted by atomic mass is 9.95. The van der Waals surface area contributed by atoms with Crippen LogP contribution in [0.4, 0.5) is 4.79 Å². The second-order valence-electron chi connectivity index (χ2n) is 7.32. The number of urea groups is 1. The number of aromatic nitrogens is 3. The molecule has 5 rings (SSSR count). The maximum atomic E-state index is 12.2. The molecule has 2 heterocycles. The molecule has 6 nitrogen and oxygen atoms in total. The Bertz CT molecular complexity index is 981. The summed E-state index contributed by atoms with van der Waals surface area (Å²) in [5, 5.41) is 14.1. The number of nitrogens with zero attached hydrogens (tertiary/aromatic N) is 3. The molecule has 2 atom stereocenters. The Kier molecular flexibility index (Phi) is 3.45. The highest BCUT2D eigenvalue weighted by molar-refractivity contribution is 5.73. The van der Waals surface area contributed by atoms with Crippen LogP contribution in [0, 0.1) is 5.92 Å². The maximum Gasteiger partial charge on any atom is 0.315 e. The molecule has 0 saturated heterocycles. The number of benzene rings is 1. The topological polar surface area (TPSA) is 71.3 Å². The van der Waals surface area contributed by atoms with E-state index in [-0.39, 0.29) is 6.03 Å². The first-order valence-electron chi connectivity index (χ1n) is 9.15. The smallest absolute Gasteiger partial charge is 0.315 e. The van der Waals surface area contributed by atoms with E-state index >= 15 is 0 Å². The Morgan fingerprint density at radius 1 is 1.15 bits per heavy atom. The van der Waals surface area contributed by atoms with Crippen LogP contribution in [-0.2, 0) is 18.4 Å². The van der Waals surface area contributed by atoms with Crippen molar-refractivity contribution in [1.29, 1.82) is 0 Å². The molecule has 26 heavy (non-hydrogen) atoms. The minimum Gasteiger partial charge on any atom is -0.338 e. The van der Waals surface area contributed by atoms with Gasteiger partial charge >= 0.3 is 6.03 Å².